The Bertz CT molecular complexity index is 251. The molecule has 0 radical (unpaired) electrons. The van der Waals surface area contributed by atoms with Gasteiger partial charge in [-0.1, -0.05) is 33.8 Å². The van der Waals surface area contributed by atoms with Crippen LogP contribution < -0.4 is 0 Å². The molecule has 74 valence electrons. The van der Waals surface area contributed by atoms with Gasteiger partial charge in [0, 0.05) is 0 Å². The van der Waals surface area contributed by atoms with E-state index in [1.807, 2.05) is 26.8 Å². The third-order valence-electron chi connectivity index (χ3n) is 1.85. The molecule has 1 aromatic carbocycles. The number of halogens is 1. The number of hydrogen-bond donors (Lipinski definition) is 0. The highest BCUT2D eigenvalue weighted by molar-refractivity contribution is 5.28. The van der Waals surface area contributed by atoms with E-state index >= 15 is 0 Å². The molecule has 0 N–H and O–H groups in total. The lowest BCUT2D eigenvalue weighted by Crippen LogP contribution is -1.91. The van der Waals surface area contributed by atoms with Crippen molar-refractivity contribution in [1.29, 1.82) is 0 Å². The van der Waals surface area contributed by atoms with Gasteiger partial charge in [-0.15, -0.1) is 0 Å². The van der Waals surface area contributed by atoms with Crippen LogP contribution in [0.1, 0.15) is 44.7 Å². The largest absolute Gasteiger partial charge is 0.207 e. The van der Waals surface area contributed by atoms with Gasteiger partial charge in [0.25, 0.3) is 0 Å². The van der Waals surface area contributed by atoms with Gasteiger partial charge in [-0.2, -0.15) is 0 Å². The fraction of sp³-hybridized carbons (Fsp3) is 0.500. The Kier molecular flexibility index (Phi) is 5.36. The normalized spacial score (nSPS) is 9.46. The molecule has 1 heteroatoms. The smallest absolute Gasteiger partial charge is 0.123 e. The first kappa shape index (κ1) is 12.2. The van der Waals surface area contributed by atoms with Crippen molar-refractivity contribution in [2.24, 2.45) is 0 Å². The van der Waals surface area contributed by atoms with E-state index in [1.54, 1.807) is 6.07 Å². The molecule has 0 spiro atoms. The summed E-state index contributed by atoms with van der Waals surface area (Å²) in [7, 11) is 0. The van der Waals surface area contributed by atoms with Gasteiger partial charge in [0.2, 0.25) is 0 Å². The zero-order chi connectivity index (χ0) is 10.4. The molecule has 0 aliphatic carbocycles. The minimum atomic E-state index is -0.146. The molecule has 0 aliphatic heterocycles. The zero-order valence-corrected chi connectivity index (χ0v) is 9.19. The molecule has 0 heterocycles. The summed E-state index contributed by atoms with van der Waals surface area (Å²) in [6.45, 7) is 10.2. The van der Waals surface area contributed by atoms with Crippen LogP contribution in [0.5, 0.6) is 0 Å². The predicted molar refractivity (Wildman–Crippen MR) is 56.6 cm³/mol. The van der Waals surface area contributed by atoms with Crippen LogP contribution in [-0.4, -0.2) is 0 Å². The predicted octanol–water partition coefficient (Wildman–Crippen LogP) is 4.28. The van der Waals surface area contributed by atoms with Crippen LogP contribution in [0.4, 0.5) is 4.39 Å². The first-order valence-corrected chi connectivity index (χ1v) is 4.87. The van der Waals surface area contributed by atoms with Crippen molar-refractivity contribution in [2.45, 2.75) is 40.5 Å². The summed E-state index contributed by atoms with van der Waals surface area (Å²) >= 11 is 0. The molecular weight excluding hydrogens is 163 g/mol. The van der Waals surface area contributed by atoms with E-state index in [4.69, 9.17) is 0 Å². The van der Waals surface area contributed by atoms with Crippen LogP contribution in [0.3, 0.4) is 0 Å². The fourth-order valence-electron chi connectivity index (χ4n) is 1.29. The monoisotopic (exact) mass is 182 g/mol. The Balaban J connectivity index is 0.000000671. The van der Waals surface area contributed by atoms with E-state index < -0.39 is 0 Å². The molecular formula is C12H19F. The van der Waals surface area contributed by atoms with Gasteiger partial charge >= 0.3 is 0 Å². The van der Waals surface area contributed by atoms with Crippen molar-refractivity contribution in [3.05, 3.63) is 35.1 Å². The zero-order valence-electron chi connectivity index (χ0n) is 9.19. The van der Waals surface area contributed by atoms with Crippen LogP contribution >= 0.6 is 0 Å². The second kappa shape index (κ2) is 5.74. The highest BCUT2D eigenvalue weighted by Gasteiger charge is 2.02. The van der Waals surface area contributed by atoms with Gasteiger partial charge in [-0.05, 0) is 36.1 Å². The van der Waals surface area contributed by atoms with Gasteiger partial charge < -0.3 is 0 Å². The third kappa shape index (κ3) is 3.58. The van der Waals surface area contributed by atoms with Crippen LogP contribution in [0, 0.1) is 12.7 Å². The first-order valence-electron chi connectivity index (χ1n) is 4.87. The minimum Gasteiger partial charge on any atom is -0.207 e. The standard InChI is InChI=1S/C10H13F.C2H6/c1-7(2)10-5-4-9(11)6-8(10)3;1-2/h4-7H,1-3H3;1-2H3. The molecule has 0 fully saturated rings. The van der Waals surface area contributed by atoms with Gasteiger partial charge in [0.15, 0.2) is 0 Å². The summed E-state index contributed by atoms with van der Waals surface area (Å²) in [4.78, 5) is 0. The Morgan fingerprint density at radius 3 is 2.08 bits per heavy atom. The lowest BCUT2D eigenvalue weighted by Gasteiger charge is -2.08. The summed E-state index contributed by atoms with van der Waals surface area (Å²) in [5, 5.41) is 0. The molecule has 0 amide bonds. The van der Waals surface area contributed by atoms with E-state index in [0.717, 1.165) is 5.56 Å². The summed E-state index contributed by atoms with van der Waals surface area (Å²) < 4.78 is 12.6. The quantitative estimate of drug-likeness (QED) is 0.608. The lowest BCUT2D eigenvalue weighted by molar-refractivity contribution is 0.624. The fourth-order valence-corrected chi connectivity index (χ4v) is 1.29. The SMILES string of the molecule is CC.Cc1cc(F)ccc1C(C)C. The average Bonchev–Trinajstić information content (AvgIpc) is 2.07. The summed E-state index contributed by atoms with van der Waals surface area (Å²) in [5.41, 5.74) is 2.27. The summed E-state index contributed by atoms with van der Waals surface area (Å²) in [5.74, 6) is 0.336. The maximum atomic E-state index is 12.6. The van der Waals surface area contributed by atoms with Gasteiger partial charge in [0.1, 0.15) is 5.82 Å². The Morgan fingerprint density at radius 1 is 1.15 bits per heavy atom. The number of hydrogen-bond acceptors (Lipinski definition) is 0. The van der Waals surface area contributed by atoms with Gasteiger partial charge in [0.05, 0.1) is 0 Å². The van der Waals surface area contributed by atoms with E-state index in [1.165, 1.54) is 11.6 Å². The maximum absolute atomic E-state index is 12.6. The summed E-state index contributed by atoms with van der Waals surface area (Å²) in [6, 6.07) is 4.95. The van der Waals surface area contributed by atoms with Crippen LogP contribution in [0.15, 0.2) is 18.2 Å². The van der Waals surface area contributed by atoms with Crippen molar-refractivity contribution < 1.29 is 4.39 Å². The molecule has 0 nitrogen and oxygen atoms in total. The highest BCUT2D eigenvalue weighted by Crippen LogP contribution is 2.18. The molecule has 0 aromatic heterocycles. The molecule has 0 bridgehead atoms. The minimum absolute atomic E-state index is 0.146. The molecule has 0 aliphatic rings. The average molecular weight is 182 g/mol. The second-order valence-electron chi connectivity index (χ2n) is 3.16. The van der Waals surface area contributed by atoms with Gasteiger partial charge in [-0.25, -0.2) is 4.39 Å². The molecule has 1 rings (SSSR count). The molecule has 0 saturated heterocycles. The van der Waals surface area contributed by atoms with Crippen molar-refractivity contribution >= 4 is 0 Å². The lowest BCUT2D eigenvalue weighted by atomic mass is 9.98. The van der Waals surface area contributed by atoms with Crippen molar-refractivity contribution in [1.82, 2.24) is 0 Å². The first-order chi connectivity index (χ1) is 6.11. The van der Waals surface area contributed by atoms with E-state index in [9.17, 15) is 4.39 Å². The molecule has 1 aromatic rings. The van der Waals surface area contributed by atoms with Crippen molar-refractivity contribution in [2.75, 3.05) is 0 Å². The molecule has 13 heavy (non-hydrogen) atoms. The van der Waals surface area contributed by atoms with Crippen molar-refractivity contribution in [3.8, 4) is 0 Å². The molecule has 0 atom stereocenters. The Morgan fingerprint density at radius 2 is 1.69 bits per heavy atom. The van der Waals surface area contributed by atoms with Crippen LogP contribution in [0.25, 0.3) is 0 Å². The molecule has 0 unspecified atom stereocenters. The highest BCUT2D eigenvalue weighted by atomic mass is 19.1. The van der Waals surface area contributed by atoms with E-state index in [-0.39, 0.29) is 5.82 Å². The van der Waals surface area contributed by atoms with E-state index in [0.29, 0.717) is 5.92 Å². The van der Waals surface area contributed by atoms with Crippen molar-refractivity contribution in [3.63, 3.8) is 0 Å². The number of rotatable bonds is 1. The topological polar surface area (TPSA) is 0 Å². The van der Waals surface area contributed by atoms with Crippen LogP contribution in [0.2, 0.25) is 0 Å². The van der Waals surface area contributed by atoms with Crippen LogP contribution in [-0.2, 0) is 0 Å². The summed E-state index contributed by atoms with van der Waals surface area (Å²) in [6.07, 6.45) is 0. The second-order valence-corrected chi connectivity index (χ2v) is 3.16. The number of aryl methyl sites for hydroxylation is 1. The maximum Gasteiger partial charge on any atom is 0.123 e. The number of benzene rings is 1. The van der Waals surface area contributed by atoms with E-state index in [2.05, 4.69) is 13.8 Å². The Labute approximate surface area is 80.8 Å². The van der Waals surface area contributed by atoms with Gasteiger partial charge in [-0.3, -0.25) is 0 Å². The molecule has 0 saturated carbocycles. The Hall–Kier alpha value is -0.850. The third-order valence-corrected chi connectivity index (χ3v) is 1.85.